The zero-order valence-corrected chi connectivity index (χ0v) is 35.3. The van der Waals surface area contributed by atoms with Crippen molar-refractivity contribution < 1.29 is 4.42 Å². The number of aryl methyl sites for hydroxylation is 2. The number of benzene rings is 9. The average Bonchev–Trinajstić information content (AvgIpc) is 3.92. The molecule has 0 atom stereocenters. The Hall–Kier alpha value is -7.62. The van der Waals surface area contributed by atoms with Gasteiger partial charge in [-0.2, -0.15) is 0 Å². The molecule has 0 radical (unpaired) electrons. The summed E-state index contributed by atoms with van der Waals surface area (Å²) in [6.07, 6.45) is 0. The van der Waals surface area contributed by atoms with Crippen molar-refractivity contribution in [2.45, 2.75) is 33.1 Å². The van der Waals surface area contributed by atoms with Gasteiger partial charge in [-0.1, -0.05) is 129 Å². The maximum atomic E-state index is 6.15. The fourth-order valence-electron chi connectivity index (χ4n) is 10.2. The standard InChI is InChI=1S/C59H44N2O/c1-37-17-18-38(2)56(33-37)61-54-15-9-6-12-48(54)50-34-41(23-31-55(50)61)39-19-25-43(26-20-39)60(45-29-30-47-46-11-5-8-14-52(46)59(3,4)53(47)36-45)44-27-21-40(22-28-44)42-24-32-58-51(35-42)49-13-7-10-16-57(49)62-58/h5-36H,1-4H3. The Kier molecular flexibility index (Phi) is 8.01. The largest absolute Gasteiger partial charge is 0.456 e. The van der Waals surface area contributed by atoms with Gasteiger partial charge in [-0.15, -0.1) is 0 Å². The number of hydrogen-bond acceptors (Lipinski definition) is 2. The van der Waals surface area contributed by atoms with Gasteiger partial charge in [0.1, 0.15) is 11.2 Å². The van der Waals surface area contributed by atoms with E-state index in [0.29, 0.717) is 0 Å². The summed E-state index contributed by atoms with van der Waals surface area (Å²) in [7, 11) is 0. The van der Waals surface area contributed by atoms with Gasteiger partial charge in [0.25, 0.3) is 0 Å². The van der Waals surface area contributed by atoms with Gasteiger partial charge in [-0.05, 0) is 148 Å². The highest BCUT2D eigenvalue weighted by atomic mass is 16.3. The highest BCUT2D eigenvalue weighted by Gasteiger charge is 2.35. The van der Waals surface area contributed by atoms with Crippen LogP contribution in [-0.4, -0.2) is 4.57 Å². The lowest BCUT2D eigenvalue weighted by atomic mass is 9.82. The molecule has 2 heterocycles. The maximum Gasteiger partial charge on any atom is 0.135 e. The molecule has 0 spiro atoms. The molecular weight excluding hydrogens is 753 g/mol. The molecule has 12 rings (SSSR count). The van der Waals surface area contributed by atoms with Gasteiger partial charge in [0.15, 0.2) is 0 Å². The highest BCUT2D eigenvalue weighted by Crippen LogP contribution is 2.51. The summed E-state index contributed by atoms with van der Waals surface area (Å²) >= 11 is 0. The Bertz CT molecular complexity index is 3560. The number of para-hydroxylation sites is 2. The summed E-state index contributed by atoms with van der Waals surface area (Å²) in [6, 6.07) is 71.2. The molecule has 2 aromatic heterocycles. The van der Waals surface area contributed by atoms with Gasteiger partial charge in [0, 0.05) is 49.7 Å². The van der Waals surface area contributed by atoms with Crippen LogP contribution in [0.5, 0.6) is 0 Å². The number of hydrogen-bond donors (Lipinski definition) is 0. The van der Waals surface area contributed by atoms with E-state index >= 15 is 0 Å². The molecule has 0 amide bonds. The first-order valence-electron chi connectivity index (χ1n) is 21.6. The van der Waals surface area contributed by atoms with Crippen LogP contribution < -0.4 is 4.90 Å². The van der Waals surface area contributed by atoms with E-state index in [-0.39, 0.29) is 5.41 Å². The fraction of sp³-hybridized carbons (Fsp3) is 0.0847. The summed E-state index contributed by atoms with van der Waals surface area (Å²) in [5.41, 5.74) is 21.3. The second kappa shape index (κ2) is 13.7. The van der Waals surface area contributed by atoms with E-state index in [9.17, 15) is 0 Å². The molecule has 0 fully saturated rings. The number of furan rings is 1. The van der Waals surface area contributed by atoms with Crippen molar-refractivity contribution in [2.24, 2.45) is 0 Å². The van der Waals surface area contributed by atoms with Crippen LogP contribution in [0.25, 0.3) is 82.8 Å². The smallest absolute Gasteiger partial charge is 0.135 e. The normalized spacial score (nSPS) is 13.0. The molecular formula is C59H44N2O. The van der Waals surface area contributed by atoms with Crippen LogP contribution in [0.3, 0.4) is 0 Å². The second-order valence-corrected chi connectivity index (χ2v) is 17.5. The van der Waals surface area contributed by atoms with Crippen molar-refractivity contribution in [3.8, 4) is 39.1 Å². The van der Waals surface area contributed by atoms with Crippen LogP contribution in [0.2, 0.25) is 0 Å². The first-order valence-corrected chi connectivity index (χ1v) is 21.6. The SMILES string of the molecule is Cc1ccc(C)c(-n2c3ccccc3c3cc(-c4ccc(N(c5ccc(-c6ccc7oc8ccccc8c7c6)cc5)c5ccc6c(c5)C(C)(C)c5ccccc5-6)cc4)ccc32)c1. The molecule has 0 unspecified atom stereocenters. The minimum atomic E-state index is -0.114. The second-order valence-electron chi connectivity index (χ2n) is 17.5. The summed E-state index contributed by atoms with van der Waals surface area (Å²) in [6.45, 7) is 9.08. The maximum absolute atomic E-state index is 6.15. The summed E-state index contributed by atoms with van der Waals surface area (Å²) < 4.78 is 8.58. The van der Waals surface area contributed by atoms with E-state index in [1.807, 2.05) is 12.1 Å². The van der Waals surface area contributed by atoms with Crippen LogP contribution in [0.4, 0.5) is 17.1 Å². The molecule has 11 aromatic rings. The van der Waals surface area contributed by atoms with Gasteiger partial charge in [0.05, 0.1) is 11.0 Å². The minimum absolute atomic E-state index is 0.114. The van der Waals surface area contributed by atoms with Crippen molar-refractivity contribution in [2.75, 3.05) is 4.90 Å². The van der Waals surface area contributed by atoms with Gasteiger partial charge in [-0.3, -0.25) is 0 Å². The van der Waals surface area contributed by atoms with E-state index in [1.54, 1.807) is 0 Å². The molecule has 1 aliphatic carbocycles. The third kappa shape index (κ3) is 5.58. The summed E-state index contributed by atoms with van der Waals surface area (Å²) in [4.78, 5) is 2.40. The van der Waals surface area contributed by atoms with E-state index in [4.69, 9.17) is 4.42 Å². The van der Waals surface area contributed by atoms with E-state index in [1.165, 1.54) is 72.0 Å². The molecule has 62 heavy (non-hydrogen) atoms. The average molecular weight is 797 g/mol. The predicted molar refractivity (Wildman–Crippen MR) is 261 cm³/mol. The first kappa shape index (κ1) is 36.2. The number of anilines is 3. The molecule has 3 heteroatoms. The van der Waals surface area contributed by atoms with Crippen LogP contribution in [0.1, 0.15) is 36.1 Å². The Morgan fingerprint density at radius 1 is 0.419 bits per heavy atom. The van der Waals surface area contributed by atoms with E-state index in [0.717, 1.165) is 50.1 Å². The third-order valence-electron chi connectivity index (χ3n) is 13.4. The van der Waals surface area contributed by atoms with Crippen molar-refractivity contribution in [3.05, 3.63) is 216 Å². The van der Waals surface area contributed by atoms with E-state index in [2.05, 4.69) is 219 Å². The molecule has 0 aliphatic heterocycles. The summed E-state index contributed by atoms with van der Waals surface area (Å²) in [5, 5.41) is 4.79. The first-order chi connectivity index (χ1) is 30.3. The monoisotopic (exact) mass is 796 g/mol. The lowest BCUT2D eigenvalue weighted by Gasteiger charge is -2.28. The quantitative estimate of drug-likeness (QED) is 0.167. The Morgan fingerprint density at radius 2 is 1.00 bits per heavy atom. The molecule has 0 bridgehead atoms. The van der Waals surface area contributed by atoms with Gasteiger partial charge >= 0.3 is 0 Å². The van der Waals surface area contributed by atoms with Gasteiger partial charge in [-0.25, -0.2) is 0 Å². The topological polar surface area (TPSA) is 21.3 Å². The van der Waals surface area contributed by atoms with Crippen LogP contribution in [0, 0.1) is 13.8 Å². The Morgan fingerprint density at radius 3 is 1.77 bits per heavy atom. The lowest BCUT2D eigenvalue weighted by Crippen LogP contribution is -2.16. The van der Waals surface area contributed by atoms with E-state index < -0.39 is 0 Å². The zero-order chi connectivity index (χ0) is 41.7. The van der Waals surface area contributed by atoms with Crippen LogP contribution in [0.15, 0.2) is 199 Å². The molecule has 296 valence electrons. The number of aromatic nitrogens is 1. The van der Waals surface area contributed by atoms with Crippen molar-refractivity contribution in [1.82, 2.24) is 4.57 Å². The molecule has 3 nitrogen and oxygen atoms in total. The van der Waals surface area contributed by atoms with Gasteiger partial charge < -0.3 is 13.9 Å². The van der Waals surface area contributed by atoms with Crippen molar-refractivity contribution in [3.63, 3.8) is 0 Å². The molecule has 0 N–H and O–H groups in total. The number of nitrogens with zero attached hydrogens (tertiary/aromatic N) is 2. The molecule has 9 aromatic carbocycles. The van der Waals surface area contributed by atoms with Crippen molar-refractivity contribution >= 4 is 60.8 Å². The number of rotatable bonds is 6. The number of fused-ring (bicyclic) bond motifs is 9. The minimum Gasteiger partial charge on any atom is -0.456 e. The highest BCUT2D eigenvalue weighted by molar-refractivity contribution is 6.11. The Balaban J connectivity index is 0.953. The molecule has 0 saturated carbocycles. The van der Waals surface area contributed by atoms with Crippen molar-refractivity contribution in [1.29, 1.82) is 0 Å². The third-order valence-corrected chi connectivity index (χ3v) is 13.4. The molecule has 0 saturated heterocycles. The molecule has 1 aliphatic rings. The zero-order valence-electron chi connectivity index (χ0n) is 35.3. The lowest BCUT2D eigenvalue weighted by molar-refractivity contribution is 0.660. The fourth-order valence-corrected chi connectivity index (χ4v) is 10.2. The predicted octanol–water partition coefficient (Wildman–Crippen LogP) is 16.4. The van der Waals surface area contributed by atoms with Crippen LogP contribution in [-0.2, 0) is 5.41 Å². The summed E-state index contributed by atoms with van der Waals surface area (Å²) in [5.74, 6) is 0. The van der Waals surface area contributed by atoms with Crippen LogP contribution >= 0.6 is 0 Å². The Labute approximate surface area is 361 Å². The van der Waals surface area contributed by atoms with Gasteiger partial charge in [0.2, 0.25) is 0 Å².